The second-order valence-electron chi connectivity index (χ2n) is 7.26. The highest BCUT2D eigenvalue weighted by atomic mass is 16.1. The quantitative estimate of drug-likeness (QED) is 0.360. The molecule has 0 aromatic carbocycles. The van der Waals surface area contributed by atoms with Crippen LogP contribution in [0.4, 0.5) is 0 Å². The van der Waals surface area contributed by atoms with Gasteiger partial charge in [0.25, 0.3) is 0 Å². The Hall–Kier alpha value is -2.48. The molecule has 0 aromatic heterocycles. The van der Waals surface area contributed by atoms with E-state index in [-0.39, 0.29) is 12.1 Å². The summed E-state index contributed by atoms with van der Waals surface area (Å²) in [6.07, 6.45) is 17.0. The molecule has 2 atom stereocenters. The summed E-state index contributed by atoms with van der Waals surface area (Å²) in [7, 11) is 0. The maximum Gasteiger partial charge on any atom is 0.235 e. The topological polar surface area (TPSA) is 118 Å². The highest BCUT2D eigenvalue weighted by molar-refractivity contribution is 5.34. The molecule has 2 unspecified atom stereocenters. The fraction of sp³-hybridized carbons (Fsp3) is 0.800. The minimum absolute atomic E-state index is 0.198. The molecule has 2 saturated carbocycles. The van der Waals surface area contributed by atoms with Gasteiger partial charge >= 0.3 is 0 Å². The third-order valence-corrected chi connectivity index (χ3v) is 5.44. The summed E-state index contributed by atoms with van der Waals surface area (Å²) in [5.41, 5.74) is 0. The lowest BCUT2D eigenvalue weighted by molar-refractivity contribution is 0.214. The van der Waals surface area contributed by atoms with Gasteiger partial charge in [-0.15, -0.1) is 0 Å². The van der Waals surface area contributed by atoms with Crippen molar-refractivity contribution in [1.82, 2.24) is 0 Å². The van der Waals surface area contributed by atoms with E-state index in [2.05, 4.69) is 20.0 Å². The molecule has 0 bridgehead atoms. The maximum atomic E-state index is 10.5. The van der Waals surface area contributed by atoms with E-state index in [0.29, 0.717) is 31.3 Å². The molecular weight excluding hydrogens is 360 g/mol. The fourth-order valence-electron chi connectivity index (χ4n) is 4.03. The van der Waals surface area contributed by atoms with Gasteiger partial charge in [-0.3, -0.25) is 0 Å². The molecule has 0 spiro atoms. The van der Waals surface area contributed by atoms with Gasteiger partial charge in [0.15, 0.2) is 0 Å². The molecule has 28 heavy (non-hydrogen) atoms. The second-order valence-corrected chi connectivity index (χ2v) is 7.26. The first-order valence-electron chi connectivity index (χ1n) is 9.96. The van der Waals surface area contributed by atoms with Crippen molar-refractivity contribution in [2.45, 2.75) is 76.3 Å². The van der Waals surface area contributed by atoms with Gasteiger partial charge in [0.2, 0.25) is 24.3 Å². The Bertz CT molecular complexity index is 617. The van der Waals surface area contributed by atoms with Crippen molar-refractivity contribution in [2.75, 3.05) is 13.1 Å². The SMILES string of the molecule is O=C=NC1CCC(CC2CCCCC2N=C=O)CC1.O=C=NCCCN=C=O. The van der Waals surface area contributed by atoms with Crippen molar-refractivity contribution in [1.29, 1.82) is 0 Å². The summed E-state index contributed by atoms with van der Waals surface area (Å²) >= 11 is 0. The number of hydrogen-bond acceptors (Lipinski definition) is 8. The lowest BCUT2D eigenvalue weighted by Gasteiger charge is -2.33. The lowest BCUT2D eigenvalue weighted by Crippen LogP contribution is -2.27. The number of isocyanates is 4. The Morgan fingerprint density at radius 1 is 0.679 bits per heavy atom. The van der Waals surface area contributed by atoms with Crippen molar-refractivity contribution >= 4 is 24.3 Å². The van der Waals surface area contributed by atoms with Gasteiger partial charge in [0, 0.05) is 0 Å². The van der Waals surface area contributed by atoms with Gasteiger partial charge < -0.3 is 0 Å². The number of carbonyl (C=O) groups excluding carboxylic acids is 4. The van der Waals surface area contributed by atoms with Gasteiger partial charge in [-0.25, -0.2) is 39.1 Å². The maximum absolute atomic E-state index is 10.5. The number of nitrogens with zero attached hydrogens (tertiary/aromatic N) is 4. The highest BCUT2D eigenvalue weighted by Crippen LogP contribution is 2.37. The predicted octanol–water partition coefficient (Wildman–Crippen LogP) is 3.21. The molecule has 2 rings (SSSR count). The van der Waals surface area contributed by atoms with Crippen molar-refractivity contribution < 1.29 is 19.2 Å². The number of hydrogen-bond donors (Lipinski definition) is 0. The molecule has 0 heterocycles. The normalized spacial score (nSPS) is 26.0. The van der Waals surface area contributed by atoms with Crippen LogP contribution in [0.5, 0.6) is 0 Å². The number of rotatable bonds is 8. The van der Waals surface area contributed by atoms with Gasteiger partial charge in [0.1, 0.15) is 0 Å². The van der Waals surface area contributed by atoms with Crippen LogP contribution in [0.2, 0.25) is 0 Å². The van der Waals surface area contributed by atoms with E-state index < -0.39 is 0 Å². The Labute approximate surface area is 165 Å². The molecule has 0 saturated heterocycles. The Morgan fingerprint density at radius 3 is 1.86 bits per heavy atom. The average Bonchev–Trinajstić information content (AvgIpc) is 2.72. The molecular formula is C20H28N4O4. The largest absolute Gasteiger partial charge is 0.235 e. The van der Waals surface area contributed by atoms with Crippen molar-refractivity contribution in [3.63, 3.8) is 0 Å². The highest BCUT2D eigenvalue weighted by Gasteiger charge is 2.29. The minimum Gasteiger partial charge on any atom is -0.211 e. The molecule has 2 aliphatic carbocycles. The molecule has 152 valence electrons. The van der Waals surface area contributed by atoms with Gasteiger partial charge in [-0.1, -0.05) is 12.8 Å². The van der Waals surface area contributed by atoms with Crippen LogP contribution in [-0.2, 0) is 19.2 Å². The average molecular weight is 388 g/mol. The molecule has 0 amide bonds. The van der Waals surface area contributed by atoms with Crippen molar-refractivity contribution in [3.05, 3.63) is 0 Å². The molecule has 2 aliphatic rings. The molecule has 8 nitrogen and oxygen atoms in total. The van der Waals surface area contributed by atoms with E-state index in [0.717, 1.165) is 32.1 Å². The van der Waals surface area contributed by atoms with E-state index >= 15 is 0 Å². The van der Waals surface area contributed by atoms with E-state index in [1.807, 2.05) is 0 Å². The van der Waals surface area contributed by atoms with Crippen molar-refractivity contribution in [3.8, 4) is 0 Å². The van der Waals surface area contributed by atoms with Crippen LogP contribution in [0.1, 0.15) is 64.2 Å². The first kappa shape index (κ1) is 23.6. The fourth-order valence-corrected chi connectivity index (χ4v) is 4.03. The molecule has 8 heteroatoms. The Kier molecular flexibility index (Phi) is 13.1. The zero-order valence-corrected chi connectivity index (χ0v) is 16.2. The third-order valence-electron chi connectivity index (χ3n) is 5.44. The van der Waals surface area contributed by atoms with E-state index in [1.165, 1.54) is 37.8 Å². The van der Waals surface area contributed by atoms with E-state index in [9.17, 15) is 19.2 Å². The van der Waals surface area contributed by atoms with E-state index in [1.54, 1.807) is 12.2 Å². The predicted molar refractivity (Wildman–Crippen MR) is 103 cm³/mol. The molecule has 0 aromatic rings. The summed E-state index contributed by atoms with van der Waals surface area (Å²) < 4.78 is 0. The van der Waals surface area contributed by atoms with Gasteiger partial charge in [-0.2, -0.15) is 0 Å². The summed E-state index contributed by atoms with van der Waals surface area (Å²) in [5, 5.41) is 0. The Morgan fingerprint density at radius 2 is 1.29 bits per heavy atom. The van der Waals surface area contributed by atoms with Crippen LogP contribution in [0.15, 0.2) is 20.0 Å². The van der Waals surface area contributed by atoms with Crippen LogP contribution in [0, 0.1) is 11.8 Å². The van der Waals surface area contributed by atoms with Crippen LogP contribution in [0.25, 0.3) is 0 Å². The smallest absolute Gasteiger partial charge is 0.211 e. The van der Waals surface area contributed by atoms with Gasteiger partial charge in [0.05, 0.1) is 25.2 Å². The van der Waals surface area contributed by atoms with Crippen LogP contribution in [-0.4, -0.2) is 49.5 Å². The van der Waals surface area contributed by atoms with Crippen LogP contribution in [0.3, 0.4) is 0 Å². The van der Waals surface area contributed by atoms with Crippen molar-refractivity contribution in [2.24, 2.45) is 31.8 Å². The molecule has 0 radical (unpaired) electrons. The number of aliphatic imine (C=N–C) groups is 4. The standard InChI is InChI=1S/C15H22N2O2.C5H6N2O2/c18-10-16-14-7-5-12(6-8-14)9-13-3-1-2-4-15(13)17-11-19;8-4-6-2-1-3-7-5-9/h12-15H,1-9H2;1-3H2. The first-order chi connectivity index (χ1) is 13.7. The summed E-state index contributed by atoms with van der Waals surface area (Å²) in [6, 6.07) is 0.404. The lowest BCUT2D eigenvalue weighted by atomic mass is 9.75. The minimum atomic E-state index is 0.198. The van der Waals surface area contributed by atoms with Crippen LogP contribution >= 0.6 is 0 Å². The molecule has 0 aliphatic heterocycles. The third kappa shape index (κ3) is 10.0. The summed E-state index contributed by atoms with van der Waals surface area (Å²) in [4.78, 5) is 53.9. The monoisotopic (exact) mass is 388 g/mol. The summed E-state index contributed by atoms with van der Waals surface area (Å²) in [5.74, 6) is 1.27. The first-order valence-corrected chi connectivity index (χ1v) is 9.96. The van der Waals surface area contributed by atoms with Gasteiger partial charge in [-0.05, 0) is 63.2 Å². The molecule has 2 fully saturated rings. The zero-order chi connectivity index (χ0) is 20.5. The molecule has 0 N–H and O–H groups in total. The Balaban J connectivity index is 0.000000370. The second kappa shape index (κ2) is 15.6. The van der Waals surface area contributed by atoms with E-state index in [4.69, 9.17) is 0 Å². The summed E-state index contributed by atoms with van der Waals surface area (Å²) in [6.45, 7) is 0.767. The van der Waals surface area contributed by atoms with Crippen LogP contribution < -0.4 is 0 Å². The zero-order valence-electron chi connectivity index (χ0n) is 16.2.